The first-order valence-electron chi connectivity index (χ1n) is 5.88. The predicted molar refractivity (Wildman–Crippen MR) is 79.2 cm³/mol. The van der Waals surface area contributed by atoms with E-state index in [4.69, 9.17) is 17.3 Å². The van der Waals surface area contributed by atoms with Gasteiger partial charge in [0.05, 0.1) is 0 Å². The fraction of sp³-hybridized carbons (Fsp3) is 0.200. The lowest BCUT2D eigenvalue weighted by Crippen LogP contribution is -2.17. The van der Waals surface area contributed by atoms with Gasteiger partial charge in [-0.3, -0.25) is 0 Å². The summed E-state index contributed by atoms with van der Waals surface area (Å²) in [7, 11) is 2.04. The molecule has 2 aromatic rings. The Kier molecular flexibility index (Phi) is 3.78. The molecule has 94 valence electrons. The number of halogens is 1. The summed E-state index contributed by atoms with van der Waals surface area (Å²) >= 11 is 6.18. The minimum atomic E-state index is 0.703. The van der Waals surface area contributed by atoms with Crippen LogP contribution >= 0.6 is 11.6 Å². The second-order valence-electron chi connectivity index (χ2n) is 4.50. The highest BCUT2D eigenvalue weighted by molar-refractivity contribution is 6.31. The van der Waals surface area contributed by atoms with E-state index < -0.39 is 0 Å². The third-order valence-electron chi connectivity index (χ3n) is 3.03. The minimum absolute atomic E-state index is 0.703. The number of rotatable bonds is 3. The van der Waals surface area contributed by atoms with Gasteiger partial charge in [-0.2, -0.15) is 0 Å². The van der Waals surface area contributed by atoms with E-state index in [9.17, 15) is 0 Å². The van der Waals surface area contributed by atoms with E-state index in [-0.39, 0.29) is 0 Å². The molecule has 0 saturated heterocycles. The van der Waals surface area contributed by atoms with Crippen LogP contribution in [-0.4, -0.2) is 7.05 Å². The fourth-order valence-corrected chi connectivity index (χ4v) is 2.11. The molecule has 0 unspecified atom stereocenters. The molecule has 0 bridgehead atoms. The Balaban J connectivity index is 2.21. The number of anilines is 2. The van der Waals surface area contributed by atoms with Crippen LogP contribution in [0.15, 0.2) is 42.5 Å². The van der Waals surface area contributed by atoms with Crippen LogP contribution in [0.3, 0.4) is 0 Å². The van der Waals surface area contributed by atoms with Crippen molar-refractivity contribution in [3.05, 3.63) is 58.6 Å². The molecule has 2 nitrogen and oxygen atoms in total. The van der Waals surface area contributed by atoms with Gasteiger partial charge in [0.15, 0.2) is 0 Å². The smallest absolute Gasteiger partial charge is 0.0476 e. The van der Waals surface area contributed by atoms with Gasteiger partial charge in [0.1, 0.15) is 0 Å². The average Bonchev–Trinajstić information content (AvgIpc) is 2.34. The third-order valence-corrected chi connectivity index (χ3v) is 3.38. The van der Waals surface area contributed by atoms with Gasteiger partial charge >= 0.3 is 0 Å². The second-order valence-corrected chi connectivity index (χ2v) is 4.91. The quantitative estimate of drug-likeness (QED) is 0.849. The van der Waals surface area contributed by atoms with Crippen LogP contribution in [-0.2, 0) is 6.54 Å². The Labute approximate surface area is 113 Å². The highest BCUT2D eigenvalue weighted by Crippen LogP contribution is 2.25. The molecule has 0 aliphatic carbocycles. The van der Waals surface area contributed by atoms with Gasteiger partial charge in [-0.15, -0.1) is 0 Å². The molecule has 0 radical (unpaired) electrons. The molecule has 0 aliphatic heterocycles. The molecular formula is C15H17ClN2. The number of aryl methyl sites for hydroxylation is 1. The van der Waals surface area contributed by atoms with Crippen LogP contribution < -0.4 is 10.6 Å². The van der Waals surface area contributed by atoms with Gasteiger partial charge in [0, 0.05) is 35.6 Å². The van der Waals surface area contributed by atoms with Crippen molar-refractivity contribution in [1.82, 2.24) is 0 Å². The molecule has 0 aliphatic rings. The van der Waals surface area contributed by atoms with Crippen molar-refractivity contribution in [2.75, 3.05) is 17.7 Å². The maximum atomic E-state index is 6.18. The van der Waals surface area contributed by atoms with Crippen LogP contribution in [0.1, 0.15) is 11.1 Å². The Morgan fingerprint density at radius 3 is 2.39 bits per heavy atom. The van der Waals surface area contributed by atoms with Crippen molar-refractivity contribution in [1.29, 1.82) is 0 Å². The Morgan fingerprint density at radius 2 is 1.78 bits per heavy atom. The van der Waals surface area contributed by atoms with Gasteiger partial charge in [0.25, 0.3) is 0 Å². The molecule has 0 spiro atoms. The van der Waals surface area contributed by atoms with E-state index in [1.807, 2.05) is 25.2 Å². The standard InChI is InChI=1S/C15H17ClN2/c1-11-6-8-12(9-7-11)18(2)10-13-14(16)4-3-5-15(13)17/h3-9H,10,17H2,1-2H3. The molecule has 0 saturated carbocycles. The van der Waals surface area contributed by atoms with Crippen molar-refractivity contribution >= 4 is 23.0 Å². The third kappa shape index (κ3) is 2.77. The number of nitrogens with zero attached hydrogens (tertiary/aromatic N) is 1. The maximum Gasteiger partial charge on any atom is 0.0476 e. The van der Waals surface area contributed by atoms with E-state index in [0.717, 1.165) is 16.9 Å². The average molecular weight is 261 g/mol. The summed E-state index contributed by atoms with van der Waals surface area (Å²) in [6, 6.07) is 14.0. The first-order valence-corrected chi connectivity index (χ1v) is 6.26. The molecule has 2 rings (SSSR count). The SMILES string of the molecule is Cc1ccc(N(C)Cc2c(N)cccc2Cl)cc1. The molecule has 0 atom stereocenters. The van der Waals surface area contributed by atoms with Crippen LogP contribution in [0.4, 0.5) is 11.4 Å². The summed E-state index contributed by atoms with van der Waals surface area (Å²) in [5.41, 5.74) is 10.1. The first-order chi connectivity index (χ1) is 8.58. The summed E-state index contributed by atoms with van der Waals surface area (Å²) < 4.78 is 0. The van der Waals surface area contributed by atoms with E-state index in [0.29, 0.717) is 11.6 Å². The van der Waals surface area contributed by atoms with Crippen molar-refractivity contribution in [3.8, 4) is 0 Å². The lowest BCUT2D eigenvalue weighted by Gasteiger charge is -2.21. The molecule has 0 aromatic heterocycles. The number of nitrogens with two attached hydrogens (primary N) is 1. The fourth-order valence-electron chi connectivity index (χ4n) is 1.87. The molecule has 0 amide bonds. The van der Waals surface area contributed by atoms with E-state index in [1.165, 1.54) is 5.56 Å². The van der Waals surface area contributed by atoms with E-state index in [2.05, 4.69) is 36.1 Å². The highest BCUT2D eigenvalue weighted by Gasteiger charge is 2.08. The number of benzene rings is 2. The van der Waals surface area contributed by atoms with Gasteiger partial charge in [-0.25, -0.2) is 0 Å². The van der Waals surface area contributed by atoms with Crippen LogP contribution in [0.2, 0.25) is 5.02 Å². The number of hydrogen-bond acceptors (Lipinski definition) is 2. The van der Waals surface area contributed by atoms with Crippen LogP contribution in [0.25, 0.3) is 0 Å². The first kappa shape index (κ1) is 12.8. The largest absolute Gasteiger partial charge is 0.398 e. The lowest BCUT2D eigenvalue weighted by atomic mass is 10.1. The summed E-state index contributed by atoms with van der Waals surface area (Å²) in [5, 5.41) is 0.717. The zero-order chi connectivity index (χ0) is 13.1. The Hall–Kier alpha value is -1.67. The molecule has 0 heterocycles. The highest BCUT2D eigenvalue weighted by atomic mass is 35.5. The van der Waals surface area contributed by atoms with E-state index >= 15 is 0 Å². The zero-order valence-electron chi connectivity index (χ0n) is 10.7. The van der Waals surface area contributed by atoms with Gasteiger partial charge in [-0.1, -0.05) is 35.4 Å². The minimum Gasteiger partial charge on any atom is -0.398 e. The molecule has 0 fully saturated rings. The molecule has 2 aromatic carbocycles. The van der Waals surface area contributed by atoms with Crippen molar-refractivity contribution in [3.63, 3.8) is 0 Å². The molecular weight excluding hydrogens is 244 g/mol. The summed E-state index contributed by atoms with van der Waals surface area (Å²) in [5.74, 6) is 0. The maximum absolute atomic E-state index is 6.18. The summed E-state index contributed by atoms with van der Waals surface area (Å²) in [6.07, 6.45) is 0. The molecule has 3 heteroatoms. The second kappa shape index (κ2) is 5.32. The molecule has 18 heavy (non-hydrogen) atoms. The Morgan fingerprint density at radius 1 is 1.11 bits per heavy atom. The summed E-state index contributed by atoms with van der Waals surface area (Å²) in [6.45, 7) is 2.78. The topological polar surface area (TPSA) is 29.3 Å². The lowest BCUT2D eigenvalue weighted by molar-refractivity contribution is 0.925. The predicted octanol–water partition coefficient (Wildman–Crippen LogP) is 3.87. The van der Waals surface area contributed by atoms with Crippen molar-refractivity contribution in [2.45, 2.75) is 13.5 Å². The van der Waals surface area contributed by atoms with Gasteiger partial charge in [0.2, 0.25) is 0 Å². The number of nitrogen functional groups attached to an aromatic ring is 1. The van der Waals surface area contributed by atoms with E-state index in [1.54, 1.807) is 0 Å². The van der Waals surface area contributed by atoms with Crippen molar-refractivity contribution in [2.24, 2.45) is 0 Å². The summed E-state index contributed by atoms with van der Waals surface area (Å²) in [4.78, 5) is 2.14. The van der Waals surface area contributed by atoms with Crippen LogP contribution in [0.5, 0.6) is 0 Å². The van der Waals surface area contributed by atoms with Crippen molar-refractivity contribution < 1.29 is 0 Å². The Bertz CT molecular complexity index is 514. The normalized spacial score (nSPS) is 10.4. The molecule has 2 N–H and O–H groups in total. The van der Waals surface area contributed by atoms with Crippen LogP contribution in [0, 0.1) is 6.92 Å². The zero-order valence-corrected chi connectivity index (χ0v) is 11.4. The van der Waals surface area contributed by atoms with Gasteiger partial charge in [-0.05, 0) is 31.2 Å². The number of hydrogen-bond donors (Lipinski definition) is 1. The monoisotopic (exact) mass is 260 g/mol. The van der Waals surface area contributed by atoms with Gasteiger partial charge < -0.3 is 10.6 Å².